The van der Waals surface area contributed by atoms with Gasteiger partial charge in [-0.3, -0.25) is 9.80 Å². The Hall–Kier alpha value is -2.54. The molecule has 1 aliphatic rings. The van der Waals surface area contributed by atoms with Crippen LogP contribution in [0.4, 0.5) is 4.39 Å². The van der Waals surface area contributed by atoms with Gasteiger partial charge in [0.05, 0.1) is 12.6 Å². The Morgan fingerprint density at radius 3 is 2.31 bits per heavy atom. The Kier molecular flexibility index (Phi) is 7.93. The lowest BCUT2D eigenvalue weighted by Crippen LogP contribution is -2.47. The van der Waals surface area contributed by atoms with Crippen molar-refractivity contribution in [2.75, 3.05) is 45.9 Å². The van der Waals surface area contributed by atoms with E-state index in [1.54, 1.807) is 0 Å². The van der Waals surface area contributed by atoms with E-state index in [0.717, 1.165) is 38.3 Å². The fourth-order valence-corrected chi connectivity index (χ4v) is 3.60. The summed E-state index contributed by atoms with van der Waals surface area (Å²) in [7, 11) is 0. The van der Waals surface area contributed by atoms with Crippen LogP contribution in [-0.4, -0.2) is 66.8 Å². The predicted octanol–water partition coefficient (Wildman–Crippen LogP) is 3.19. The van der Waals surface area contributed by atoms with Gasteiger partial charge in [-0.2, -0.15) is 0 Å². The number of halogens is 1. The van der Waals surface area contributed by atoms with Crippen molar-refractivity contribution in [1.82, 2.24) is 9.80 Å². The van der Waals surface area contributed by atoms with Crippen molar-refractivity contribution in [3.05, 3.63) is 83.7 Å². The highest BCUT2D eigenvalue weighted by Gasteiger charge is 2.26. The summed E-state index contributed by atoms with van der Waals surface area (Å²) in [5, 5.41) is 8.54. The van der Waals surface area contributed by atoms with Gasteiger partial charge in [0, 0.05) is 32.7 Å². The van der Waals surface area contributed by atoms with Crippen molar-refractivity contribution >= 4 is 5.97 Å². The predicted molar refractivity (Wildman–Crippen MR) is 110 cm³/mol. The summed E-state index contributed by atoms with van der Waals surface area (Å²) in [5.41, 5.74) is 2.31. The molecule has 0 radical (unpaired) electrons. The Labute approximate surface area is 171 Å². The van der Waals surface area contributed by atoms with Crippen molar-refractivity contribution in [3.8, 4) is 0 Å². The largest absolute Gasteiger partial charge is 0.480 e. The van der Waals surface area contributed by atoms with Gasteiger partial charge in [0.25, 0.3) is 0 Å². The molecule has 1 fully saturated rings. The average Bonchev–Trinajstić information content (AvgIpc) is 2.74. The molecule has 0 bridgehead atoms. The van der Waals surface area contributed by atoms with Gasteiger partial charge in [-0.25, -0.2) is 9.18 Å². The molecule has 154 valence electrons. The van der Waals surface area contributed by atoms with Gasteiger partial charge in [-0.15, -0.1) is 0 Å². The monoisotopic (exact) mass is 398 g/mol. The van der Waals surface area contributed by atoms with Crippen LogP contribution in [0.15, 0.2) is 66.7 Å². The van der Waals surface area contributed by atoms with Gasteiger partial charge in [-0.05, 0) is 23.3 Å². The molecule has 6 heteroatoms. The van der Waals surface area contributed by atoms with Gasteiger partial charge in [0.1, 0.15) is 12.4 Å². The van der Waals surface area contributed by atoms with Crippen molar-refractivity contribution in [2.45, 2.75) is 6.04 Å². The van der Waals surface area contributed by atoms with Crippen LogP contribution < -0.4 is 0 Å². The number of piperazine rings is 1. The number of ether oxygens (including phenoxy) is 1. The van der Waals surface area contributed by atoms with E-state index in [2.05, 4.69) is 21.9 Å². The minimum Gasteiger partial charge on any atom is -0.480 e. The maximum absolute atomic E-state index is 13.4. The summed E-state index contributed by atoms with van der Waals surface area (Å²) in [4.78, 5) is 15.2. The lowest BCUT2D eigenvalue weighted by molar-refractivity contribution is -0.141. The third kappa shape index (κ3) is 6.49. The first-order valence-corrected chi connectivity index (χ1v) is 9.85. The first-order valence-electron chi connectivity index (χ1n) is 9.85. The first-order chi connectivity index (χ1) is 14.1. The Morgan fingerprint density at radius 2 is 1.66 bits per heavy atom. The van der Waals surface area contributed by atoms with Crippen LogP contribution in [-0.2, 0) is 9.53 Å². The zero-order valence-electron chi connectivity index (χ0n) is 16.4. The number of aliphatic carboxylic acids is 1. The molecule has 0 saturated carbocycles. The fraction of sp³-hybridized carbons (Fsp3) is 0.348. The number of nitrogens with zero attached hydrogens (tertiary/aromatic N) is 2. The highest BCUT2D eigenvalue weighted by Crippen LogP contribution is 2.29. The van der Waals surface area contributed by atoms with E-state index < -0.39 is 5.97 Å². The summed E-state index contributed by atoms with van der Waals surface area (Å²) in [5.74, 6) is -1.17. The molecule has 1 aliphatic heterocycles. The average molecular weight is 398 g/mol. The normalized spacial score (nSPS) is 16.9. The van der Waals surface area contributed by atoms with Crippen molar-refractivity contribution < 1.29 is 19.0 Å². The molecule has 2 aromatic rings. The second-order valence-corrected chi connectivity index (χ2v) is 7.08. The van der Waals surface area contributed by atoms with Crippen LogP contribution in [0.2, 0.25) is 0 Å². The Balaban J connectivity index is 1.57. The molecule has 1 N–H and O–H groups in total. The molecule has 3 rings (SSSR count). The van der Waals surface area contributed by atoms with E-state index in [1.165, 1.54) is 17.7 Å². The number of benzene rings is 2. The number of rotatable bonds is 9. The third-order valence-electron chi connectivity index (χ3n) is 5.04. The molecule has 0 amide bonds. The van der Waals surface area contributed by atoms with E-state index in [1.807, 2.05) is 42.5 Å². The Bertz CT molecular complexity index is 788. The lowest BCUT2D eigenvalue weighted by atomic mass is 9.96. The topological polar surface area (TPSA) is 53.0 Å². The zero-order chi connectivity index (χ0) is 20.5. The second-order valence-electron chi connectivity index (χ2n) is 7.08. The summed E-state index contributed by atoms with van der Waals surface area (Å²) < 4.78 is 18.4. The molecular weight excluding hydrogens is 371 g/mol. The first kappa shape index (κ1) is 21.2. The summed E-state index contributed by atoms with van der Waals surface area (Å²) in [6, 6.07) is 17.3. The van der Waals surface area contributed by atoms with E-state index in [4.69, 9.17) is 9.84 Å². The number of carboxylic acid groups (broad SMARTS) is 1. The Morgan fingerprint density at radius 1 is 1.00 bits per heavy atom. The van der Waals surface area contributed by atoms with Gasteiger partial charge in [0.2, 0.25) is 0 Å². The second kappa shape index (κ2) is 10.9. The van der Waals surface area contributed by atoms with Gasteiger partial charge in [0.15, 0.2) is 0 Å². The minimum atomic E-state index is -0.955. The SMILES string of the molecule is O=C(O)COCC=CCN1CCN([C@H](c2ccccc2)c2ccc(F)cc2)CC1. The summed E-state index contributed by atoms with van der Waals surface area (Å²) >= 11 is 0. The molecule has 1 heterocycles. The standard InChI is InChI=1S/C23H27FN2O3/c24-21-10-8-20(9-11-21)23(19-6-2-1-3-7-19)26-15-13-25(14-16-26)12-4-5-17-29-18-22(27)28/h1-11,23H,12-18H2,(H,27,28)/t23-/m1/s1. The molecule has 2 aromatic carbocycles. The smallest absolute Gasteiger partial charge is 0.329 e. The van der Waals surface area contributed by atoms with Gasteiger partial charge < -0.3 is 9.84 Å². The molecule has 0 aliphatic carbocycles. The van der Waals surface area contributed by atoms with Crippen LogP contribution in [0.1, 0.15) is 17.2 Å². The molecule has 29 heavy (non-hydrogen) atoms. The van der Waals surface area contributed by atoms with Crippen LogP contribution in [0.3, 0.4) is 0 Å². The van der Waals surface area contributed by atoms with Crippen molar-refractivity contribution in [3.63, 3.8) is 0 Å². The summed E-state index contributed by atoms with van der Waals surface area (Å²) in [6.45, 7) is 4.56. The molecular formula is C23H27FN2O3. The maximum Gasteiger partial charge on any atom is 0.329 e. The molecule has 1 atom stereocenters. The highest BCUT2D eigenvalue weighted by molar-refractivity contribution is 5.68. The summed E-state index contributed by atoms with van der Waals surface area (Å²) in [6.07, 6.45) is 3.88. The molecule has 0 aromatic heterocycles. The highest BCUT2D eigenvalue weighted by atomic mass is 19.1. The van der Waals surface area contributed by atoms with Crippen molar-refractivity contribution in [2.24, 2.45) is 0 Å². The maximum atomic E-state index is 13.4. The van der Waals surface area contributed by atoms with E-state index in [0.29, 0.717) is 6.61 Å². The molecule has 5 nitrogen and oxygen atoms in total. The quantitative estimate of drug-likeness (QED) is 0.519. The van der Waals surface area contributed by atoms with Crippen LogP contribution in [0, 0.1) is 5.82 Å². The number of hydrogen-bond acceptors (Lipinski definition) is 4. The zero-order valence-corrected chi connectivity index (χ0v) is 16.4. The van der Waals surface area contributed by atoms with E-state index in [-0.39, 0.29) is 18.5 Å². The van der Waals surface area contributed by atoms with Crippen molar-refractivity contribution in [1.29, 1.82) is 0 Å². The van der Waals surface area contributed by atoms with Crippen LogP contribution in [0.25, 0.3) is 0 Å². The number of carboxylic acids is 1. The molecule has 1 saturated heterocycles. The third-order valence-corrected chi connectivity index (χ3v) is 5.04. The van der Waals surface area contributed by atoms with E-state index in [9.17, 15) is 9.18 Å². The van der Waals surface area contributed by atoms with Gasteiger partial charge in [-0.1, -0.05) is 54.6 Å². The molecule has 0 spiro atoms. The number of hydrogen-bond donors (Lipinski definition) is 1. The fourth-order valence-electron chi connectivity index (χ4n) is 3.60. The molecule has 0 unspecified atom stereocenters. The van der Waals surface area contributed by atoms with E-state index >= 15 is 0 Å². The number of carbonyl (C=O) groups is 1. The minimum absolute atomic E-state index is 0.110. The lowest BCUT2D eigenvalue weighted by Gasteiger charge is -2.39. The van der Waals surface area contributed by atoms with Crippen LogP contribution >= 0.6 is 0 Å². The van der Waals surface area contributed by atoms with Gasteiger partial charge >= 0.3 is 5.97 Å². The van der Waals surface area contributed by atoms with Crippen LogP contribution in [0.5, 0.6) is 0 Å².